The molecule has 0 atom stereocenters. The largest absolute Gasteiger partial charge is 0.325 e. The molecule has 0 spiro atoms. The van der Waals surface area contributed by atoms with Crippen molar-refractivity contribution in [2.45, 2.75) is 57.9 Å². The van der Waals surface area contributed by atoms with Gasteiger partial charge in [0.05, 0.1) is 0 Å². The van der Waals surface area contributed by atoms with E-state index in [-0.39, 0.29) is 0 Å². The van der Waals surface area contributed by atoms with Gasteiger partial charge in [0.15, 0.2) is 0 Å². The maximum atomic E-state index is 12.6. The van der Waals surface area contributed by atoms with Gasteiger partial charge in [-0.1, -0.05) is 13.3 Å². The molecule has 3 heterocycles. The maximum Gasteiger partial charge on any atom is 0.319 e. The number of hydrogen-bond donors (Lipinski definition) is 0. The Morgan fingerprint density at radius 2 is 1.29 bits per heavy atom. The second kappa shape index (κ2) is 6.99. The Morgan fingerprint density at radius 1 is 0.762 bits per heavy atom. The fraction of sp³-hybridized carbons (Fsp3) is 0.941. The number of piperidine rings is 3. The van der Waals surface area contributed by atoms with Crippen molar-refractivity contribution in [1.29, 1.82) is 0 Å². The lowest BCUT2D eigenvalue weighted by Crippen LogP contribution is -2.52. The molecule has 0 bridgehead atoms. The third-order valence-electron chi connectivity index (χ3n) is 5.70. The first-order valence-corrected chi connectivity index (χ1v) is 9.02. The van der Waals surface area contributed by atoms with Crippen molar-refractivity contribution in [3.05, 3.63) is 0 Å². The van der Waals surface area contributed by atoms with Crippen LogP contribution in [0.2, 0.25) is 0 Å². The van der Waals surface area contributed by atoms with Crippen molar-refractivity contribution in [2.24, 2.45) is 5.92 Å². The predicted octanol–water partition coefficient (Wildman–Crippen LogP) is 2.79. The van der Waals surface area contributed by atoms with E-state index in [9.17, 15) is 4.79 Å². The Labute approximate surface area is 129 Å². The number of hydrogen-bond acceptors (Lipinski definition) is 2. The highest BCUT2D eigenvalue weighted by atomic mass is 16.2. The van der Waals surface area contributed by atoms with Crippen LogP contribution in [0.15, 0.2) is 0 Å². The highest BCUT2D eigenvalue weighted by molar-refractivity contribution is 5.74. The Morgan fingerprint density at radius 3 is 1.86 bits per heavy atom. The molecular weight excluding hydrogens is 262 g/mol. The van der Waals surface area contributed by atoms with E-state index in [1.54, 1.807) is 0 Å². The van der Waals surface area contributed by atoms with E-state index >= 15 is 0 Å². The summed E-state index contributed by atoms with van der Waals surface area (Å²) in [5.74, 6) is 0.791. The molecule has 0 saturated carbocycles. The lowest BCUT2D eigenvalue weighted by Gasteiger charge is -2.42. The second-order valence-electron chi connectivity index (χ2n) is 7.27. The van der Waals surface area contributed by atoms with Gasteiger partial charge >= 0.3 is 6.03 Å². The number of amides is 2. The number of nitrogens with zero attached hydrogens (tertiary/aromatic N) is 3. The minimum Gasteiger partial charge on any atom is -0.325 e. The standard InChI is InChI=1S/C17H31N3O/c1-15-5-11-19(12-6-15)17(21)20-13-7-16(8-14-20)18-9-3-2-4-10-18/h15-16H,2-14H2,1H3. The van der Waals surface area contributed by atoms with Gasteiger partial charge in [-0.2, -0.15) is 0 Å². The molecule has 0 unspecified atom stereocenters. The van der Waals surface area contributed by atoms with Crippen LogP contribution >= 0.6 is 0 Å². The molecule has 2 amide bonds. The van der Waals surface area contributed by atoms with Crippen LogP contribution in [-0.4, -0.2) is 66.0 Å². The number of carbonyl (C=O) groups excluding carboxylic acids is 1. The number of rotatable bonds is 1. The van der Waals surface area contributed by atoms with Crippen molar-refractivity contribution in [3.63, 3.8) is 0 Å². The molecule has 21 heavy (non-hydrogen) atoms. The fourth-order valence-corrected chi connectivity index (χ4v) is 4.11. The summed E-state index contributed by atoms with van der Waals surface area (Å²) in [6.45, 7) is 8.72. The smallest absolute Gasteiger partial charge is 0.319 e. The topological polar surface area (TPSA) is 26.8 Å². The molecule has 0 aromatic rings. The van der Waals surface area contributed by atoms with Crippen LogP contribution in [0.4, 0.5) is 4.79 Å². The zero-order valence-electron chi connectivity index (χ0n) is 13.6. The molecule has 3 saturated heterocycles. The molecule has 0 N–H and O–H groups in total. The summed E-state index contributed by atoms with van der Waals surface area (Å²) >= 11 is 0. The van der Waals surface area contributed by atoms with E-state index in [1.807, 2.05) is 0 Å². The maximum absolute atomic E-state index is 12.6. The minimum absolute atomic E-state index is 0.305. The van der Waals surface area contributed by atoms with Crippen LogP contribution in [0.25, 0.3) is 0 Å². The van der Waals surface area contributed by atoms with Gasteiger partial charge in [-0.3, -0.25) is 0 Å². The summed E-state index contributed by atoms with van der Waals surface area (Å²) in [5.41, 5.74) is 0. The van der Waals surface area contributed by atoms with Crippen LogP contribution in [0.3, 0.4) is 0 Å². The molecular formula is C17H31N3O. The third kappa shape index (κ3) is 3.71. The molecule has 120 valence electrons. The van der Waals surface area contributed by atoms with Crippen LogP contribution < -0.4 is 0 Å². The third-order valence-corrected chi connectivity index (χ3v) is 5.70. The first kappa shape index (κ1) is 15.1. The Balaban J connectivity index is 1.45. The number of carbonyl (C=O) groups is 1. The van der Waals surface area contributed by atoms with Crippen molar-refractivity contribution < 1.29 is 4.79 Å². The van der Waals surface area contributed by atoms with Gasteiger partial charge in [-0.15, -0.1) is 0 Å². The van der Waals surface area contributed by atoms with Crippen LogP contribution in [-0.2, 0) is 0 Å². The van der Waals surface area contributed by atoms with E-state index in [1.165, 1.54) is 58.0 Å². The summed E-state index contributed by atoms with van der Waals surface area (Å²) in [6.07, 6.45) is 8.84. The van der Waals surface area contributed by atoms with Gasteiger partial charge in [0.1, 0.15) is 0 Å². The van der Waals surface area contributed by atoms with Crippen molar-refractivity contribution in [3.8, 4) is 0 Å². The van der Waals surface area contributed by atoms with E-state index in [0.29, 0.717) is 6.03 Å². The summed E-state index contributed by atoms with van der Waals surface area (Å²) in [4.78, 5) is 19.4. The number of urea groups is 1. The first-order valence-electron chi connectivity index (χ1n) is 9.02. The fourth-order valence-electron chi connectivity index (χ4n) is 4.11. The molecule has 0 radical (unpaired) electrons. The van der Waals surface area contributed by atoms with Gasteiger partial charge in [-0.25, -0.2) is 4.79 Å². The van der Waals surface area contributed by atoms with Gasteiger partial charge < -0.3 is 14.7 Å². The SMILES string of the molecule is CC1CCN(C(=O)N2CCC(N3CCCCC3)CC2)CC1. The summed E-state index contributed by atoms with van der Waals surface area (Å²) in [7, 11) is 0. The van der Waals surface area contributed by atoms with Crippen LogP contribution in [0.5, 0.6) is 0 Å². The number of likely N-dealkylation sites (tertiary alicyclic amines) is 3. The lowest BCUT2D eigenvalue weighted by atomic mass is 9.98. The molecule has 4 nitrogen and oxygen atoms in total. The summed E-state index contributed by atoms with van der Waals surface area (Å²) in [6, 6.07) is 1.04. The quantitative estimate of drug-likeness (QED) is 0.743. The molecule has 0 aliphatic carbocycles. The second-order valence-corrected chi connectivity index (χ2v) is 7.27. The Hall–Kier alpha value is -0.770. The Bertz CT molecular complexity index is 338. The molecule has 3 fully saturated rings. The predicted molar refractivity (Wildman–Crippen MR) is 85.4 cm³/mol. The molecule has 3 aliphatic rings. The zero-order valence-corrected chi connectivity index (χ0v) is 13.6. The van der Waals surface area contributed by atoms with E-state index in [2.05, 4.69) is 21.6 Å². The monoisotopic (exact) mass is 293 g/mol. The van der Waals surface area contributed by atoms with Gasteiger partial charge in [-0.05, 0) is 57.5 Å². The highest BCUT2D eigenvalue weighted by Crippen LogP contribution is 2.23. The lowest BCUT2D eigenvalue weighted by molar-refractivity contribution is 0.0842. The molecule has 4 heteroatoms. The van der Waals surface area contributed by atoms with Gasteiger partial charge in [0.2, 0.25) is 0 Å². The van der Waals surface area contributed by atoms with Crippen molar-refractivity contribution in [1.82, 2.24) is 14.7 Å². The first-order chi connectivity index (χ1) is 10.2. The van der Waals surface area contributed by atoms with E-state index in [0.717, 1.165) is 38.1 Å². The summed E-state index contributed by atoms with van der Waals surface area (Å²) < 4.78 is 0. The van der Waals surface area contributed by atoms with Crippen LogP contribution in [0, 0.1) is 5.92 Å². The minimum atomic E-state index is 0.305. The molecule has 0 aromatic heterocycles. The normalized spacial score (nSPS) is 27.1. The van der Waals surface area contributed by atoms with Gasteiger partial charge in [0.25, 0.3) is 0 Å². The van der Waals surface area contributed by atoms with E-state index < -0.39 is 0 Å². The van der Waals surface area contributed by atoms with Crippen molar-refractivity contribution >= 4 is 6.03 Å². The average molecular weight is 293 g/mol. The van der Waals surface area contributed by atoms with E-state index in [4.69, 9.17) is 0 Å². The zero-order chi connectivity index (χ0) is 14.7. The molecule has 3 aliphatic heterocycles. The van der Waals surface area contributed by atoms with Gasteiger partial charge in [0, 0.05) is 32.2 Å². The average Bonchev–Trinajstić information content (AvgIpc) is 2.56. The molecule has 0 aromatic carbocycles. The highest BCUT2D eigenvalue weighted by Gasteiger charge is 2.30. The summed E-state index contributed by atoms with van der Waals surface area (Å²) in [5, 5.41) is 0. The van der Waals surface area contributed by atoms with Crippen LogP contribution in [0.1, 0.15) is 51.9 Å². The van der Waals surface area contributed by atoms with Crippen molar-refractivity contribution in [2.75, 3.05) is 39.3 Å². The Kier molecular flexibility index (Phi) is 5.04. The molecule has 3 rings (SSSR count).